The molecule has 8 nitrogen and oxygen atoms in total. The minimum atomic E-state index is -0.988. The molecule has 1 N–H and O–H groups in total. The van der Waals surface area contributed by atoms with Gasteiger partial charge in [0.1, 0.15) is 0 Å². The minimum absolute atomic E-state index is 0.0665. The van der Waals surface area contributed by atoms with E-state index in [0.717, 1.165) is 17.5 Å². The standard InChI is InChI=1S/C34H32ClN3O5S2/c1-21(2)17-18-43-27-16-14-23(19-28(27)42-3)30-29(26(39)15-13-22-9-5-4-6-10-22)31(40)32(41)38(30)33-36-37-34(45-33)44-20-24-11-7-8-12-25(24)35/h4-16,19,21,30,40H,17-18,20H2,1-3H3. The summed E-state index contributed by atoms with van der Waals surface area (Å²) in [5.74, 6) is 0.112. The number of benzene rings is 3. The predicted molar refractivity (Wildman–Crippen MR) is 179 cm³/mol. The molecule has 2 heterocycles. The molecule has 1 amide bonds. The summed E-state index contributed by atoms with van der Waals surface area (Å²) in [7, 11) is 1.53. The summed E-state index contributed by atoms with van der Waals surface area (Å²) in [5, 5.41) is 20.6. The average Bonchev–Trinajstić information content (AvgIpc) is 3.61. The number of ketones is 1. The van der Waals surface area contributed by atoms with Gasteiger partial charge in [0.25, 0.3) is 5.91 Å². The normalized spacial score (nSPS) is 15.0. The zero-order valence-corrected chi connectivity index (χ0v) is 27.4. The zero-order chi connectivity index (χ0) is 31.9. The Balaban J connectivity index is 1.49. The molecule has 1 aliphatic heterocycles. The van der Waals surface area contributed by atoms with Crippen LogP contribution in [0.2, 0.25) is 5.02 Å². The third-order valence-electron chi connectivity index (χ3n) is 7.07. The first-order valence-electron chi connectivity index (χ1n) is 14.3. The number of hydrogen-bond donors (Lipinski definition) is 1. The second kappa shape index (κ2) is 14.8. The number of methoxy groups -OCH3 is 1. The Morgan fingerprint density at radius 1 is 1.09 bits per heavy atom. The van der Waals surface area contributed by atoms with E-state index in [2.05, 4.69) is 24.0 Å². The fourth-order valence-corrected chi connectivity index (χ4v) is 6.84. The number of ether oxygens (including phenoxy) is 2. The van der Waals surface area contributed by atoms with Gasteiger partial charge in [-0.05, 0) is 53.3 Å². The van der Waals surface area contributed by atoms with Crippen LogP contribution in [0.25, 0.3) is 6.08 Å². The topological polar surface area (TPSA) is 102 Å². The average molecular weight is 662 g/mol. The predicted octanol–water partition coefficient (Wildman–Crippen LogP) is 8.10. The molecule has 1 atom stereocenters. The molecule has 45 heavy (non-hydrogen) atoms. The lowest BCUT2D eigenvalue weighted by Crippen LogP contribution is -2.30. The van der Waals surface area contributed by atoms with Crippen LogP contribution in [0.15, 0.2) is 94.5 Å². The fraction of sp³-hybridized carbons (Fsp3) is 0.235. The molecule has 0 bridgehead atoms. The highest BCUT2D eigenvalue weighted by atomic mass is 35.5. The third-order valence-corrected chi connectivity index (χ3v) is 9.54. The number of allylic oxidation sites excluding steroid dienone is 1. The summed E-state index contributed by atoms with van der Waals surface area (Å²) in [6, 6.07) is 21.1. The number of thioether (sulfide) groups is 1. The van der Waals surface area contributed by atoms with Gasteiger partial charge in [-0.25, -0.2) is 0 Å². The van der Waals surface area contributed by atoms with Crippen LogP contribution in [0, 0.1) is 5.92 Å². The summed E-state index contributed by atoms with van der Waals surface area (Å²) in [5.41, 5.74) is 2.22. The van der Waals surface area contributed by atoms with E-state index >= 15 is 0 Å². The molecular formula is C34H32ClN3O5S2. The number of carbonyl (C=O) groups is 2. The van der Waals surface area contributed by atoms with Crippen molar-refractivity contribution in [3.05, 3.63) is 112 Å². The summed E-state index contributed by atoms with van der Waals surface area (Å²) in [6.07, 6.45) is 3.87. The molecule has 232 valence electrons. The highest BCUT2D eigenvalue weighted by Gasteiger charge is 2.45. The molecule has 0 saturated carbocycles. The number of nitrogens with zero attached hydrogens (tertiary/aromatic N) is 3. The van der Waals surface area contributed by atoms with Gasteiger partial charge in [0.2, 0.25) is 5.13 Å². The molecule has 1 aliphatic rings. The molecule has 4 aromatic rings. The van der Waals surface area contributed by atoms with Gasteiger partial charge >= 0.3 is 0 Å². The highest BCUT2D eigenvalue weighted by molar-refractivity contribution is 8.00. The van der Waals surface area contributed by atoms with Gasteiger partial charge in [0.05, 0.1) is 25.3 Å². The van der Waals surface area contributed by atoms with Crippen molar-refractivity contribution in [3.63, 3.8) is 0 Å². The van der Waals surface area contributed by atoms with E-state index in [-0.39, 0.29) is 10.7 Å². The molecule has 0 spiro atoms. The minimum Gasteiger partial charge on any atom is -0.503 e. The van der Waals surface area contributed by atoms with Crippen LogP contribution in [0.1, 0.15) is 43.0 Å². The molecule has 0 fully saturated rings. The van der Waals surface area contributed by atoms with Gasteiger partial charge in [-0.15, -0.1) is 10.2 Å². The maximum Gasteiger partial charge on any atom is 0.296 e. The van der Waals surface area contributed by atoms with E-state index in [1.807, 2.05) is 54.6 Å². The number of amides is 1. The van der Waals surface area contributed by atoms with Crippen molar-refractivity contribution in [1.82, 2.24) is 10.2 Å². The number of hydrogen-bond acceptors (Lipinski definition) is 9. The van der Waals surface area contributed by atoms with Gasteiger partial charge in [-0.2, -0.15) is 0 Å². The first-order valence-corrected chi connectivity index (χ1v) is 16.5. The number of carbonyl (C=O) groups excluding carboxylic acids is 2. The first-order chi connectivity index (χ1) is 21.8. The molecule has 5 rings (SSSR count). The summed E-state index contributed by atoms with van der Waals surface area (Å²) in [6.45, 7) is 4.75. The highest BCUT2D eigenvalue weighted by Crippen LogP contribution is 2.45. The molecule has 1 unspecified atom stereocenters. The Kier molecular flexibility index (Phi) is 10.6. The lowest BCUT2D eigenvalue weighted by atomic mass is 9.95. The van der Waals surface area contributed by atoms with E-state index in [0.29, 0.717) is 44.7 Å². The van der Waals surface area contributed by atoms with Crippen LogP contribution in [-0.2, 0) is 15.3 Å². The van der Waals surface area contributed by atoms with Gasteiger partial charge < -0.3 is 14.6 Å². The molecule has 1 aromatic heterocycles. The number of aromatic nitrogens is 2. The Hall–Kier alpha value is -4.12. The van der Waals surface area contributed by atoms with Gasteiger partial charge in [0, 0.05) is 10.8 Å². The lowest BCUT2D eigenvalue weighted by Gasteiger charge is -2.24. The first kappa shape index (κ1) is 32.3. The van der Waals surface area contributed by atoms with Crippen LogP contribution >= 0.6 is 34.7 Å². The lowest BCUT2D eigenvalue weighted by molar-refractivity contribution is -0.117. The quantitative estimate of drug-likeness (QED) is 0.0871. The van der Waals surface area contributed by atoms with E-state index < -0.39 is 23.5 Å². The second-order valence-electron chi connectivity index (χ2n) is 10.6. The Morgan fingerprint density at radius 2 is 1.84 bits per heavy atom. The van der Waals surface area contributed by atoms with Crippen molar-refractivity contribution in [2.45, 2.75) is 36.4 Å². The number of aliphatic hydroxyl groups is 1. The number of aliphatic hydroxyl groups excluding tert-OH is 1. The zero-order valence-electron chi connectivity index (χ0n) is 25.0. The second-order valence-corrected chi connectivity index (χ2v) is 13.2. The maximum absolute atomic E-state index is 13.7. The van der Waals surface area contributed by atoms with Crippen LogP contribution in [0.3, 0.4) is 0 Å². The van der Waals surface area contributed by atoms with Gasteiger partial charge in [-0.3, -0.25) is 14.5 Å². The van der Waals surface area contributed by atoms with Crippen molar-refractivity contribution in [2.75, 3.05) is 18.6 Å². The Bertz CT molecular complexity index is 1740. The number of halogens is 1. The van der Waals surface area contributed by atoms with Crippen LogP contribution in [0.5, 0.6) is 11.5 Å². The van der Waals surface area contributed by atoms with Crippen molar-refractivity contribution in [2.24, 2.45) is 5.92 Å². The van der Waals surface area contributed by atoms with Crippen molar-refractivity contribution >= 4 is 57.6 Å². The van der Waals surface area contributed by atoms with E-state index in [9.17, 15) is 14.7 Å². The molecule has 11 heteroatoms. The Morgan fingerprint density at radius 3 is 2.58 bits per heavy atom. The van der Waals surface area contributed by atoms with Gasteiger partial charge in [0.15, 0.2) is 27.4 Å². The number of rotatable bonds is 13. The van der Waals surface area contributed by atoms with Crippen molar-refractivity contribution < 1.29 is 24.2 Å². The fourth-order valence-electron chi connectivity index (χ4n) is 4.69. The van der Waals surface area contributed by atoms with Crippen molar-refractivity contribution in [3.8, 4) is 11.5 Å². The summed E-state index contributed by atoms with van der Waals surface area (Å²) < 4.78 is 12.2. The summed E-state index contributed by atoms with van der Waals surface area (Å²) >= 11 is 8.94. The third kappa shape index (κ3) is 7.58. The largest absolute Gasteiger partial charge is 0.503 e. The monoisotopic (exact) mass is 661 g/mol. The van der Waals surface area contributed by atoms with E-state index in [1.54, 1.807) is 24.3 Å². The maximum atomic E-state index is 13.7. The molecule has 0 saturated heterocycles. The smallest absolute Gasteiger partial charge is 0.296 e. The number of anilines is 1. The summed E-state index contributed by atoms with van der Waals surface area (Å²) in [4.78, 5) is 28.6. The molecule has 0 aliphatic carbocycles. The van der Waals surface area contributed by atoms with Crippen LogP contribution in [0.4, 0.5) is 5.13 Å². The molecule has 0 radical (unpaired) electrons. The molecular weight excluding hydrogens is 630 g/mol. The SMILES string of the molecule is COc1cc(C2C(C(=O)C=Cc3ccccc3)=C(O)C(=O)N2c2nnc(SCc3ccccc3Cl)s2)ccc1OCCC(C)C. The van der Waals surface area contributed by atoms with Crippen LogP contribution in [-0.4, -0.2) is 40.7 Å². The molecule has 3 aromatic carbocycles. The van der Waals surface area contributed by atoms with E-state index in [4.69, 9.17) is 21.1 Å². The van der Waals surface area contributed by atoms with Crippen molar-refractivity contribution in [1.29, 1.82) is 0 Å². The van der Waals surface area contributed by atoms with E-state index in [1.165, 1.54) is 41.2 Å². The Labute approximate surface area is 275 Å². The van der Waals surface area contributed by atoms with Crippen LogP contribution < -0.4 is 14.4 Å². The van der Waals surface area contributed by atoms with Gasteiger partial charge in [-0.1, -0.05) is 109 Å².